The molecule has 1 heterocycles. The van der Waals surface area contributed by atoms with Crippen LogP contribution in [0.5, 0.6) is 11.5 Å². The van der Waals surface area contributed by atoms with Crippen LogP contribution in [-0.2, 0) is 0 Å². The molecule has 0 radical (unpaired) electrons. The van der Waals surface area contributed by atoms with Crippen molar-refractivity contribution in [3.05, 3.63) is 92.5 Å². The van der Waals surface area contributed by atoms with Gasteiger partial charge in [-0.3, -0.25) is 0 Å². The molecule has 0 saturated heterocycles. The highest BCUT2D eigenvalue weighted by Gasteiger charge is 2.10. The summed E-state index contributed by atoms with van der Waals surface area (Å²) in [4.78, 5) is 9.08. The van der Waals surface area contributed by atoms with Gasteiger partial charge < -0.3 is 9.84 Å². The molecule has 4 aromatic rings. The van der Waals surface area contributed by atoms with Crippen molar-refractivity contribution in [1.82, 2.24) is 9.66 Å². The molecule has 0 aliphatic heterocycles. The minimum absolute atomic E-state index is 0.104. The quantitative estimate of drug-likeness (QED) is 0.267. The van der Waals surface area contributed by atoms with Gasteiger partial charge in [0.25, 0.3) is 5.95 Å². The lowest BCUT2D eigenvalue weighted by atomic mass is 10.2. The number of methoxy groups -OCH3 is 1. The molecule has 0 atom stereocenters. The van der Waals surface area contributed by atoms with Crippen LogP contribution >= 0.6 is 39.1 Å². The SMILES string of the molecule is COc1ccc(-c2cn(/N=C/c3ccc(Cl)cc3Cl)c(N=Cc3cc(Br)ccc3O)n2)cc1. The van der Waals surface area contributed by atoms with Crippen LogP contribution in [0.15, 0.2) is 81.4 Å². The van der Waals surface area contributed by atoms with E-state index in [-0.39, 0.29) is 5.75 Å². The van der Waals surface area contributed by atoms with E-state index in [4.69, 9.17) is 27.9 Å². The number of aliphatic imine (C=N–C) groups is 1. The summed E-state index contributed by atoms with van der Waals surface area (Å²) in [6.45, 7) is 0. The third kappa shape index (κ3) is 5.63. The fourth-order valence-corrected chi connectivity index (χ4v) is 3.76. The van der Waals surface area contributed by atoms with E-state index in [1.807, 2.05) is 24.3 Å². The minimum atomic E-state index is 0.104. The summed E-state index contributed by atoms with van der Waals surface area (Å²) in [6, 6.07) is 17.8. The fourth-order valence-electron chi connectivity index (χ4n) is 2.92. The number of aromatic hydroxyl groups is 1. The summed E-state index contributed by atoms with van der Waals surface area (Å²) in [6.07, 6.45) is 4.89. The Kier molecular flexibility index (Phi) is 7.13. The lowest BCUT2D eigenvalue weighted by molar-refractivity contribution is 0.415. The molecule has 0 fully saturated rings. The molecular weight excluding hydrogens is 527 g/mol. The smallest absolute Gasteiger partial charge is 0.251 e. The van der Waals surface area contributed by atoms with Crippen molar-refractivity contribution in [2.24, 2.45) is 10.1 Å². The second-order valence-electron chi connectivity index (χ2n) is 6.87. The average molecular weight is 544 g/mol. The van der Waals surface area contributed by atoms with E-state index in [9.17, 15) is 5.11 Å². The molecule has 0 bridgehead atoms. The first-order valence-corrected chi connectivity index (χ1v) is 11.2. The van der Waals surface area contributed by atoms with E-state index in [0.717, 1.165) is 15.8 Å². The van der Waals surface area contributed by atoms with Crippen molar-refractivity contribution in [2.45, 2.75) is 0 Å². The third-order valence-corrected chi connectivity index (χ3v) is 5.70. The van der Waals surface area contributed by atoms with Crippen molar-refractivity contribution >= 4 is 57.5 Å². The average Bonchev–Trinajstić information content (AvgIpc) is 3.22. The Labute approximate surface area is 208 Å². The highest BCUT2D eigenvalue weighted by atomic mass is 79.9. The van der Waals surface area contributed by atoms with E-state index < -0.39 is 0 Å². The Morgan fingerprint density at radius 1 is 1.00 bits per heavy atom. The van der Waals surface area contributed by atoms with Gasteiger partial charge in [0.1, 0.15) is 11.5 Å². The third-order valence-electron chi connectivity index (χ3n) is 4.65. The Hall–Kier alpha value is -3.13. The molecule has 166 valence electrons. The van der Waals surface area contributed by atoms with Gasteiger partial charge >= 0.3 is 0 Å². The van der Waals surface area contributed by atoms with Crippen molar-refractivity contribution < 1.29 is 9.84 Å². The van der Waals surface area contributed by atoms with Crippen LogP contribution in [0.1, 0.15) is 11.1 Å². The zero-order valence-corrected chi connectivity index (χ0v) is 20.4. The number of phenols is 1. The van der Waals surface area contributed by atoms with Crippen LogP contribution < -0.4 is 4.74 Å². The van der Waals surface area contributed by atoms with Crippen LogP contribution in [0.4, 0.5) is 5.95 Å². The van der Waals surface area contributed by atoms with Gasteiger partial charge in [0.2, 0.25) is 0 Å². The van der Waals surface area contributed by atoms with E-state index in [2.05, 4.69) is 31.0 Å². The molecule has 9 heteroatoms. The number of rotatable bonds is 6. The highest BCUT2D eigenvalue weighted by molar-refractivity contribution is 9.10. The maximum Gasteiger partial charge on any atom is 0.251 e. The van der Waals surface area contributed by atoms with E-state index in [0.29, 0.717) is 32.8 Å². The second kappa shape index (κ2) is 10.2. The fraction of sp³-hybridized carbons (Fsp3) is 0.0417. The zero-order chi connectivity index (χ0) is 23.4. The molecule has 0 saturated carbocycles. The molecule has 1 aromatic heterocycles. The first-order chi connectivity index (χ1) is 15.9. The van der Waals surface area contributed by atoms with E-state index in [1.54, 1.807) is 55.9 Å². The van der Waals surface area contributed by atoms with Crippen molar-refractivity contribution in [2.75, 3.05) is 7.11 Å². The number of benzene rings is 3. The first kappa shape index (κ1) is 23.0. The Morgan fingerprint density at radius 3 is 2.52 bits per heavy atom. The van der Waals surface area contributed by atoms with Crippen LogP contribution in [0, 0.1) is 0 Å². The summed E-state index contributed by atoms with van der Waals surface area (Å²) in [5.74, 6) is 1.17. The van der Waals surface area contributed by atoms with Gasteiger partial charge in [-0.15, -0.1) is 0 Å². The Balaban J connectivity index is 1.73. The standard InChI is InChI=1S/C24H17BrCl2N4O2/c1-33-20-7-3-15(4-8-20)22-14-31(29-13-16-2-6-19(26)11-21(16)27)24(30-22)28-12-17-10-18(25)5-9-23(17)32/h2-14,32H,1H3/b28-12?,29-13+. The molecule has 0 aliphatic rings. The minimum Gasteiger partial charge on any atom is -0.507 e. The highest BCUT2D eigenvalue weighted by Crippen LogP contribution is 2.26. The predicted molar refractivity (Wildman–Crippen MR) is 137 cm³/mol. The molecule has 3 aromatic carbocycles. The normalized spacial score (nSPS) is 11.5. The zero-order valence-electron chi connectivity index (χ0n) is 17.3. The molecular formula is C24H17BrCl2N4O2. The molecule has 0 unspecified atom stereocenters. The van der Waals surface area contributed by atoms with Gasteiger partial charge in [0, 0.05) is 32.4 Å². The van der Waals surface area contributed by atoms with Crippen molar-refractivity contribution in [3.8, 4) is 22.8 Å². The number of phenolic OH excluding ortho intramolecular Hbond substituents is 1. The topological polar surface area (TPSA) is 72.0 Å². The summed E-state index contributed by atoms with van der Waals surface area (Å²) in [5, 5.41) is 15.6. The number of aromatic nitrogens is 2. The van der Waals surface area contributed by atoms with Crippen molar-refractivity contribution in [3.63, 3.8) is 0 Å². The number of hydrogen-bond donors (Lipinski definition) is 1. The maximum atomic E-state index is 10.1. The van der Waals surface area contributed by atoms with Crippen LogP contribution in [0.2, 0.25) is 10.0 Å². The maximum absolute atomic E-state index is 10.1. The molecule has 0 amide bonds. The monoisotopic (exact) mass is 542 g/mol. The first-order valence-electron chi connectivity index (χ1n) is 9.69. The van der Waals surface area contributed by atoms with E-state index in [1.165, 1.54) is 10.9 Å². The summed E-state index contributed by atoms with van der Waals surface area (Å²) >= 11 is 15.6. The van der Waals surface area contributed by atoms with Gasteiger partial charge in [-0.2, -0.15) is 5.10 Å². The van der Waals surface area contributed by atoms with Gasteiger partial charge in [0.15, 0.2) is 0 Å². The number of nitrogens with zero attached hydrogens (tertiary/aromatic N) is 4. The van der Waals surface area contributed by atoms with Crippen LogP contribution in [0.25, 0.3) is 11.3 Å². The molecule has 6 nitrogen and oxygen atoms in total. The Bertz CT molecular complexity index is 1350. The lowest BCUT2D eigenvalue weighted by Gasteiger charge is -2.00. The van der Waals surface area contributed by atoms with Gasteiger partial charge in [0.05, 0.1) is 30.2 Å². The number of ether oxygens (including phenoxy) is 1. The molecule has 0 aliphatic carbocycles. The van der Waals surface area contributed by atoms with Crippen LogP contribution in [0.3, 0.4) is 0 Å². The molecule has 0 spiro atoms. The number of imidazole rings is 1. The molecule has 4 rings (SSSR count). The second-order valence-corrected chi connectivity index (χ2v) is 8.63. The molecule has 33 heavy (non-hydrogen) atoms. The van der Waals surface area contributed by atoms with Gasteiger partial charge in [-0.05, 0) is 54.6 Å². The van der Waals surface area contributed by atoms with Crippen LogP contribution in [-0.4, -0.2) is 34.3 Å². The van der Waals surface area contributed by atoms with E-state index >= 15 is 0 Å². The summed E-state index contributed by atoms with van der Waals surface area (Å²) in [5.41, 5.74) is 2.77. The predicted octanol–water partition coefficient (Wildman–Crippen LogP) is 6.97. The summed E-state index contributed by atoms with van der Waals surface area (Å²) < 4.78 is 7.58. The number of hydrogen-bond acceptors (Lipinski definition) is 5. The Morgan fingerprint density at radius 2 is 1.79 bits per heavy atom. The van der Waals surface area contributed by atoms with Gasteiger partial charge in [-0.25, -0.2) is 14.7 Å². The molecule has 1 N–H and O–H groups in total. The number of halogens is 3. The largest absolute Gasteiger partial charge is 0.507 e. The lowest BCUT2D eigenvalue weighted by Crippen LogP contribution is -1.91. The van der Waals surface area contributed by atoms with Crippen molar-refractivity contribution in [1.29, 1.82) is 0 Å². The summed E-state index contributed by atoms with van der Waals surface area (Å²) in [7, 11) is 1.62. The van der Waals surface area contributed by atoms with Gasteiger partial charge in [-0.1, -0.05) is 45.2 Å².